The lowest BCUT2D eigenvalue weighted by atomic mass is 10.1. The van der Waals surface area contributed by atoms with Gasteiger partial charge in [0.05, 0.1) is 5.92 Å². The molecule has 17 heavy (non-hydrogen) atoms. The van der Waals surface area contributed by atoms with Crippen LogP contribution in [0.25, 0.3) is 0 Å². The van der Waals surface area contributed by atoms with E-state index < -0.39 is 0 Å². The summed E-state index contributed by atoms with van der Waals surface area (Å²) in [6, 6.07) is 0. The summed E-state index contributed by atoms with van der Waals surface area (Å²) >= 11 is 0. The van der Waals surface area contributed by atoms with Crippen LogP contribution in [0.3, 0.4) is 0 Å². The minimum absolute atomic E-state index is 0.00869. The van der Waals surface area contributed by atoms with E-state index in [-0.39, 0.29) is 11.9 Å². The average Bonchev–Trinajstić information content (AvgIpc) is 2.27. The highest BCUT2D eigenvalue weighted by Gasteiger charge is 2.10. The summed E-state index contributed by atoms with van der Waals surface area (Å²) in [4.78, 5) is 11.4. The van der Waals surface area contributed by atoms with Crippen LogP contribution in [0, 0.1) is 5.92 Å². The smallest absolute Gasteiger partial charge is 0.308 e. The maximum atomic E-state index is 11.4. The second-order valence-electron chi connectivity index (χ2n) is 4.81. The van der Waals surface area contributed by atoms with Gasteiger partial charge in [-0.15, -0.1) is 0 Å². The van der Waals surface area contributed by atoms with Crippen molar-refractivity contribution in [3.05, 3.63) is 23.3 Å². The predicted molar refractivity (Wildman–Crippen MR) is 72.8 cm³/mol. The second-order valence-corrected chi connectivity index (χ2v) is 4.81. The third-order valence-electron chi connectivity index (χ3n) is 2.76. The van der Waals surface area contributed by atoms with E-state index in [4.69, 9.17) is 4.74 Å². The minimum atomic E-state index is -0.0964. The number of hydrogen-bond donors (Lipinski definition) is 0. The van der Waals surface area contributed by atoms with Crippen molar-refractivity contribution in [1.82, 2.24) is 0 Å². The molecule has 0 rings (SSSR count). The zero-order valence-electron chi connectivity index (χ0n) is 11.9. The van der Waals surface area contributed by atoms with Gasteiger partial charge in [0.2, 0.25) is 0 Å². The van der Waals surface area contributed by atoms with Crippen LogP contribution >= 0.6 is 0 Å². The Kier molecular flexibility index (Phi) is 8.47. The SMILES string of the molecule is CC[C@H](C)C(=O)OCC=C(C)CCC=C(C)C. The third-order valence-corrected chi connectivity index (χ3v) is 2.76. The van der Waals surface area contributed by atoms with Crippen molar-refractivity contribution >= 4 is 5.97 Å². The molecule has 0 unspecified atom stereocenters. The van der Waals surface area contributed by atoms with Gasteiger partial charge in [0.25, 0.3) is 0 Å². The van der Waals surface area contributed by atoms with Crippen molar-refractivity contribution in [1.29, 1.82) is 0 Å². The Bertz CT molecular complexity index is 283. The van der Waals surface area contributed by atoms with Crippen LogP contribution in [0.1, 0.15) is 53.9 Å². The molecule has 0 aromatic rings. The molecule has 0 fully saturated rings. The Hall–Kier alpha value is -1.05. The molecule has 0 radical (unpaired) electrons. The van der Waals surface area contributed by atoms with Crippen LogP contribution in [0.15, 0.2) is 23.3 Å². The van der Waals surface area contributed by atoms with Crippen molar-refractivity contribution < 1.29 is 9.53 Å². The molecule has 2 nitrogen and oxygen atoms in total. The van der Waals surface area contributed by atoms with Crippen LogP contribution in [-0.2, 0) is 9.53 Å². The summed E-state index contributed by atoms with van der Waals surface area (Å²) in [7, 11) is 0. The monoisotopic (exact) mass is 238 g/mol. The number of rotatable bonds is 7. The van der Waals surface area contributed by atoms with Crippen molar-refractivity contribution in [3.8, 4) is 0 Å². The summed E-state index contributed by atoms with van der Waals surface area (Å²) in [5.74, 6) is -0.0878. The standard InChI is InChI=1S/C15H26O2/c1-6-14(5)15(16)17-11-10-13(4)9-7-8-12(2)3/h8,10,14H,6-7,9,11H2,1-5H3/t14-/m0/s1. The zero-order chi connectivity index (χ0) is 13.3. The molecule has 0 aliphatic carbocycles. The van der Waals surface area contributed by atoms with Crippen LogP contribution in [0.4, 0.5) is 0 Å². The molecule has 0 aliphatic rings. The molecule has 0 heterocycles. The van der Waals surface area contributed by atoms with Crippen molar-refractivity contribution in [2.45, 2.75) is 53.9 Å². The van der Waals surface area contributed by atoms with Gasteiger partial charge in [-0.1, -0.05) is 31.1 Å². The summed E-state index contributed by atoms with van der Waals surface area (Å²) in [6.07, 6.45) is 7.15. The first-order valence-corrected chi connectivity index (χ1v) is 6.43. The Morgan fingerprint density at radius 1 is 1.24 bits per heavy atom. The molecule has 0 amide bonds. The number of carbonyl (C=O) groups is 1. The molecule has 1 atom stereocenters. The number of ether oxygens (including phenoxy) is 1. The number of hydrogen-bond acceptors (Lipinski definition) is 2. The molecule has 0 aliphatic heterocycles. The van der Waals surface area contributed by atoms with E-state index in [2.05, 4.69) is 26.8 Å². The second kappa shape index (κ2) is 9.03. The molecule has 0 aromatic heterocycles. The summed E-state index contributed by atoms with van der Waals surface area (Å²) in [5, 5.41) is 0. The fourth-order valence-corrected chi connectivity index (χ4v) is 1.27. The molecule has 0 saturated heterocycles. The van der Waals surface area contributed by atoms with E-state index in [1.807, 2.05) is 19.9 Å². The maximum Gasteiger partial charge on any atom is 0.308 e. The van der Waals surface area contributed by atoms with Gasteiger partial charge >= 0.3 is 5.97 Å². The van der Waals surface area contributed by atoms with Gasteiger partial charge in [-0.3, -0.25) is 4.79 Å². The number of esters is 1. The Morgan fingerprint density at radius 3 is 2.41 bits per heavy atom. The Balaban J connectivity index is 3.84. The van der Waals surface area contributed by atoms with Gasteiger partial charge in [-0.25, -0.2) is 0 Å². The first-order valence-electron chi connectivity index (χ1n) is 6.43. The zero-order valence-corrected chi connectivity index (χ0v) is 11.9. The largest absolute Gasteiger partial charge is 0.461 e. The van der Waals surface area contributed by atoms with Gasteiger partial charge < -0.3 is 4.74 Å². The molecule has 98 valence electrons. The average molecular weight is 238 g/mol. The van der Waals surface area contributed by atoms with Crippen molar-refractivity contribution in [2.75, 3.05) is 6.61 Å². The highest BCUT2D eigenvalue weighted by molar-refractivity contribution is 5.71. The number of carbonyl (C=O) groups excluding carboxylic acids is 1. The fraction of sp³-hybridized carbons (Fsp3) is 0.667. The molecule has 0 aromatic carbocycles. The molecule has 0 bridgehead atoms. The third kappa shape index (κ3) is 8.73. The molecule has 2 heteroatoms. The van der Waals surface area contributed by atoms with Crippen molar-refractivity contribution in [2.24, 2.45) is 5.92 Å². The van der Waals surface area contributed by atoms with Crippen LogP contribution < -0.4 is 0 Å². The van der Waals surface area contributed by atoms with Gasteiger partial charge in [-0.2, -0.15) is 0 Å². The fourth-order valence-electron chi connectivity index (χ4n) is 1.27. The van der Waals surface area contributed by atoms with Gasteiger partial charge in [0.15, 0.2) is 0 Å². The molecule has 0 saturated carbocycles. The highest BCUT2D eigenvalue weighted by atomic mass is 16.5. The first-order chi connectivity index (χ1) is 7.97. The normalized spacial score (nSPS) is 13.1. The minimum Gasteiger partial charge on any atom is -0.461 e. The number of allylic oxidation sites excluding steroid dienone is 3. The van der Waals surface area contributed by atoms with Crippen LogP contribution in [0.5, 0.6) is 0 Å². The topological polar surface area (TPSA) is 26.3 Å². The van der Waals surface area contributed by atoms with E-state index >= 15 is 0 Å². The predicted octanol–water partition coefficient (Wildman–Crippen LogP) is 4.27. The highest BCUT2D eigenvalue weighted by Crippen LogP contribution is 2.07. The lowest BCUT2D eigenvalue weighted by molar-refractivity contribution is -0.146. The quantitative estimate of drug-likeness (QED) is 0.489. The Morgan fingerprint density at radius 2 is 1.88 bits per heavy atom. The molecular weight excluding hydrogens is 212 g/mol. The van der Waals surface area contributed by atoms with Crippen LogP contribution in [-0.4, -0.2) is 12.6 Å². The van der Waals surface area contributed by atoms with Gasteiger partial charge in [-0.05, 0) is 46.1 Å². The van der Waals surface area contributed by atoms with E-state index in [1.165, 1.54) is 11.1 Å². The van der Waals surface area contributed by atoms with E-state index in [1.54, 1.807) is 0 Å². The lowest BCUT2D eigenvalue weighted by Gasteiger charge is -2.07. The van der Waals surface area contributed by atoms with Crippen molar-refractivity contribution in [3.63, 3.8) is 0 Å². The molecular formula is C15H26O2. The van der Waals surface area contributed by atoms with E-state index in [0.717, 1.165) is 19.3 Å². The van der Waals surface area contributed by atoms with Gasteiger partial charge in [0, 0.05) is 0 Å². The van der Waals surface area contributed by atoms with E-state index in [0.29, 0.717) is 6.61 Å². The maximum absolute atomic E-state index is 11.4. The van der Waals surface area contributed by atoms with Crippen LogP contribution in [0.2, 0.25) is 0 Å². The summed E-state index contributed by atoms with van der Waals surface area (Å²) < 4.78 is 5.16. The summed E-state index contributed by atoms with van der Waals surface area (Å²) in [6.45, 7) is 10.6. The molecule has 0 N–H and O–H groups in total. The van der Waals surface area contributed by atoms with E-state index in [9.17, 15) is 4.79 Å². The first kappa shape index (κ1) is 16.0. The summed E-state index contributed by atoms with van der Waals surface area (Å²) in [5.41, 5.74) is 2.63. The van der Waals surface area contributed by atoms with Gasteiger partial charge in [0.1, 0.15) is 6.61 Å². The lowest BCUT2D eigenvalue weighted by Crippen LogP contribution is -2.13. The Labute approximate surface area is 106 Å². The molecule has 0 spiro atoms.